The lowest BCUT2D eigenvalue weighted by atomic mass is 10.1. The Kier molecular flexibility index (Phi) is 6.19. The van der Waals surface area contributed by atoms with Gasteiger partial charge in [0, 0.05) is 17.3 Å². The van der Waals surface area contributed by atoms with Crippen molar-refractivity contribution in [2.75, 3.05) is 12.3 Å². The Hall–Kier alpha value is -1.75. The lowest BCUT2D eigenvalue weighted by Gasteiger charge is -2.25. The second kappa shape index (κ2) is 6.86. The first-order valence-corrected chi connectivity index (χ1v) is 5.36. The third-order valence-corrected chi connectivity index (χ3v) is 2.37. The topological polar surface area (TPSA) is 89.4 Å². The van der Waals surface area contributed by atoms with Gasteiger partial charge in [-0.15, -0.1) is 12.4 Å². The molecule has 6 heteroatoms. The Morgan fingerprint density at radius 2 is 1.72 bits per heavy atom. The maximum absolute atomic E-state index is 12.1. The Morgan fingerprint density at radius 1 is 1.22 bits per heavy atom. The van der Waals surface area contributed by atoms with Crippen LogP contribution in [0.2, 0.25) is 0 Å². The lowest BCUT2D eigenvalue weighted by molar-refractivity contribution is -0.119. The predicted molar refractivity (Wildman–Crippen MR) is 73.5 cm³/mol. The number of primary amides is 1. The fourth-order valence-electron chi connectivity index (χ4n) is 1.45. The molecule has 0 radical (unpaired) electrons. The third kappa shape index (κ3) is 4.25. The second-order valence-electron chi connectivity index (χ2n) is 4.12. The molecule has 0 aromatic heterocycles. The van der Waals surface area contributed by atoms with Crippen molar-refractivity contribution in [2.45, 2.75) is 19.9 Å². The fraction of sp³-hybridized carbons (Fsp3) is 0.333. The van der Waals surface area contributed by atoms with E-state index in [9.17, 15) is 9.59 Å². The van der Waals surface area contributed by atoms with Crippen molar-refractivity contribution < 1.29 is 9.59 Å². The van der Waals surface area contributed by atoms with Crippen LogP contribution in [0.25, 0.3) is 0 Å². The molecule has 1 aromatic carbocycles. The van der Waals surface area contributed by atoms with Gasteiger partial charge in [-0.2, -0.15) is 0 Å². The summed E-state index contributed by atoms with van der Waals surface area (Å²) in [6.45, 7) is 3.58. The predicted octanol–water partition coefficient (Wildman–Crippen LogP) is 1.03. The summed E-state index contributed by atoms with van der Waals surface area (Å²) in [5.74, 6) is -0.749. The number of carbonyl (C=O) groups excluding carboxylic acids is 2. The van der Waals surface area contributed by atoms with Crippen molar-refractivity contribution in [1.82, 2.24) is 4.90 Å². The number of benzene rings is 1. The number of nitrogen functional groups attached to an aromatic ring is 1. The van der Waals surface area contributed by atoms with E-state index in [2.05, 4.69) is 0 Å². The average molecular weight is 272 g/mol. The molecule has 5 nitrogen and oxygen atoms in total. The first kappa shape index (κ1) is 16.2. The number of anilines is 1. The molecule has 0 aliphatic carbocycles. The van der Waals surface area contributed by atoms with Crippen molar-refractivity contribution >= 4 is 29.9 Å². The molecule has 4 N–H and O–H groups in total. The minimum absolute atomic E-state index is 0. The van der Waals surface area contributed by atoms with E-state index in [0.29, 0.717) is 11.3 Å². The molecule has 0 fully saturated rings. The largest absolute Gasteiger partial charge is 0.399 e. The monoisotopic (exact) mass is 271 g/mol. The highest BCUT2D eigenvalue weighted by molar-refractivity contribution is 5.96. The molecule has 0 aliphatic heterocycles. The van der Waals surface area contributed by atoms with Crippen molar-refractivity contribution in [3.8, 4) is 0 Å². The fourth-order valence-corrected chi connectivity index (χ4v) is 1.45. The zero-order chi connectivity index (χ0) is 13.0. The van der Waals surface area contributed by atoms with Crippen LogP contribution in [0.1, 0.15) is 24.2 Å². The number of nitrogens with two attached hydrogens (primary N) is 2. The molecule has 18 heavy (non-hydrogen) atoms. The van der Waals surface area contributed by atoms with E-state index in [1.165, 1.54) is 4.90 Å². The molecule has 0 heterocycles. The van der Waals surface area contributed by atoms with Crippen LogP contribution >= 0.6 is 12.4 Å². The highest BCUT2D eigenvalue weighted by Crippen LogP contribution is 2.10. The van der Waals surface area contributed by atoms with E-state index in [4.69, 9.17) is 11.5 Å². The molecule has 1 aromatic rings. The molecule has 1 rings (SSSR count). The van der Waals surface area contributed by atoms with Gasteiger partial charge >= 0.3 is 0 Å². The molecule has 100 valence electrons. The molecule has 0 atom stereocenters. The van der Waals surface area contributed by atoms with Gasteiger partial charge < -0.3 is 16.4 Å². The van der Waals surface area contributed by atoms with Crippen LogP contribution in [-0.4, -0.2) is 29.3 Å². The molecule has 0 saturated heterocycles. The SMILES string of the molecule is CC(C)N(CC(N)=O)C(=O)c1ccc(N)cc1.Cl. The molecule has 0 unspecified atom stereocenters. The van der Waals surface area contributed by atoms with Crippen molar-refractivity contribution in [2.24, 2.45) is 5.73 Å². The van der Waals surface area contributed by atoms with Crippen LogP contribution in [0.4, 0.5) is 5.69 Å². The van der Waals surface area contributed by atoms with Crippen LogP contribution in [0.3, 0.4) is 0 Å². The summed E-state index contributed by atoms with van der Waals surface area (Å²) in [5, 5.41) is 0. The number of hydrogen-bond donors (Lipinski definition) is 2. The molecule has 0 saturated carbocycles. The van der Waals surface area contributed by atoms with Crippen molar-refractivity contribution in [3.05, 3.63) is 29.8 Å². The quantitative estimate of drug-likeness (QED) is 0.802. The number of halogens is 1. The first-order chi connectivity index (χ1) is 7.91. The summed E-state index contributed by atoms with van der Waals surface area (Å²) < 4.78 is 0. The van der Waals surface area contributed by atoms with Gasteiger partial charge in [-0.25, -0.2) is 0 Å². The smallest absolute Gasteiger partial charge is 0.254 e. The summed E-state index contributed by atoms with van der Waals surface area (Å²) in [6.07, 6.45) is 0. The summed E-state index contributed by atoms with van der Waals surface area (Å²) in [6, 6.07) is 6.47. The van der Waals surface area contributed by atoms with E-state index in [1.54, 1.807) is 24.3 Å². The molecular formula is C12H18ClN3O2. The van der Waals surface area contributed by atoms with Crippen molar-refractivity contribution in [3.63, 3.8) is 0 Å². The lowest BCUT2D eigenvalue weighted by Crippen LogP contribution is -2.42. The number of rotatable bonds is 4. The summed E-state index contributed by atoms with van der Waals surface area (Å²) in [4.78, 5) is 24.4. The van der Waals surface area contributed by atoms with Crippen LogP contribution in [0, 0.1) is 0 Å². The molecule has 2 amide bonds. The Balaban J connectivity index is 0.00000289. The van der Waals surface area contributed by atoms with Crippen molar-refractivity contribution in [1.29, 1.82) is 0 Å². The van der Waals surface area contributed by atoms with Gasteiger partial charge in [0.1, 0.15) is 0 Å². The normalized spacial score (nSPS) is 9.72. The minimum atomic E-state index is -0.525. The van der Waals surface area contributed by atoms with Gasteiger partial charge in [-0.3, -0.25) is 9.59 Å². The van der Waals surface area contributed by atoms with E-state index < -0.39 is 5.91 Å². The number of hydrogen-bond acceptors (Lipinski definition) is 3. The highest BCUT2D eigenvalue weighted by atomic mass is 35.5. The summed E-state index contributed by atoms with van der Waals surface area (Å²) >= 11 is 0. The molecule has 0 bridgehead atoms. The Bertz CT molecular complexity index is 418. The average Bonchev–Trinajstić information content (AvgIpc) is 2.25. The number of amides is 2. The number of nitrogens with zero attached hydrogens (tertiary/aromatic N) is 1. The first-order valence-electron chi connectivity index (χ1n) is 5.36. The van der Waals surface area contributed by atoms with Crippen LogP contribution in [-0.2, 0) is 4.79 Å². The van der Waals surface area contributed by atoms with E-state index in [1.807, 2.05) is 13.8 Å². The second-order valence-corrected chi connectivity index (χ2v) is 4.12. The Morgan fingerprint density at radius 3 is 2.11 bits per heavy atom. The van der Waals surface area contributed by atoms with Gasteiger partial charge in [-0.1, -0.05) is 0 Å². The zero-order valence-electron chi connectivity index (χ0n) is 10.4. The summed E-state index contributed by atoms with van der Waals surface area (Å²) in [5.41, 5.74) is 11.7. The van der Waals surface area contributed by atoms with Gasteiger partial charge in [-0.05, 0) is 38.1 Å². The zero-order valence-corrected chi connectivity index (χ0v) is 11.2. The molecule has 0 spiro atoms. The van der Waals surface area contributed by atoms with Gasteiger partial charge in [0.2, 0.25) is 5.91 Å². The Labute approximate surface area is 113 Å². The molecule has 0 aliphatic rings. The van der Waals surface area contributed by atoms with Gasteiger partial charge in [0.05, 0.1) is 6.54 Å². The van der Waals surface area contributed by atoms with Gasteiger partial charge in [0.25, 0.3) is 5.91 Å². The van der Waals surface area contributed by atoms with Crippen LogP contribution in [0.15, 0.2) is 24.3 Å². The standard InChI is InChI=1S/C12H17N3O2.ClH/c1-8(2)15(7-11(14)16)12(17)9-3-5-10(13)6-4-9;/h3-6,8H,7,13H2,1-2H3,(H2,14,16);1H. The number of carbonyl (C=O) groups is 2. The van der Waals surface area contributed by atoms with Crippen LogP contribution in [0.5, 0.6) is 0 Å². The van der Waals surface area contributed by atoms with Crippen LogP contribution < -0.4 is 11.5 Å². The van der Waals surface area contributed by atoms with E-state index >= 15 is 0 Å². The van der Waals surface area contributed by atoms with Gasteiger partial charge in [0.15, 0.2) is 0 Å². The maximum atomic E-state index is 12.1. The minimum Gasteiger partial charge on any atom is -0.399 e. The third-order valence-electron chi connectivity index (χ3n) is 2.37. The summed E-state index contributed by atoms with van der Waals surface area (Å²) in [7, 11) is 0. The van der Waals surface area contributed by atoms with E-state index in [-0.39, 0.29) is 30.9 Å². The van der Waals surface area contributed by atoms with E-state index in [0.717, 1.165) is 0 Å². The maximum Gasteiger partial charge on any atom is 0.254 e. The highest BCUT2D eigenvalue weighted by Gasteiger charge is 2.20. The molecular weight excluding hydrogens is 254 g/mol.